The number of ether oxygens (including phenoxy) is 2. The second-order valence-electron chi connectivity index (χ2n) is 6.28. The number of aromatic nitrogens is 1. The topological polar surface area (TPSA) is 108 Å². The summed E-state index contributed by atoms with van der Waals surface area (Å²) in [7, 11) is 3.02. The number of benzene rings is 2. The molecule has 0 unspecified atom stereocenters. The Kier molecular flexibility index (Phi) is 6.13. The minimum Gasteiger partial charge on any atom is -0.497 e. The van der Waals surface area contributed by atoms with Crippen LogP contribution in [0.25, 0.3) is 10.9 Å². The fourth-order valence-corrected chi connectivity index (χ4v) is 3.00. The Bertz CT molecular complexity index is 1070. The number of hydrogen-bond acceptors (Lipinski definition) is 5. The molecule has 0 atom stereocenters. The number of primary amides is 1. The minimum absolute atomic E-state index is 0.239. The van der Waals surface area contributed by atoms with E-state index < -0.39 is 5.91 Å². The van der Waals surface area contributed by atoms with Crippen LogP contribution in [-0.2, 0) is 11.3 Å². The lowest BCUT2D eigenvalue weighted by Crippen LogP contribution is -2.18. The first-order valence-corrected chi connectivity index (χ1v) is 8.95. The summed E-state index contributed by atoms with van der Waals surface area (Å²) in [4.78, 5) is 23.6. The zero-order valence-electron chi connectivity index (χ0n) is 16.2. The van der Waals surface area contributed by atoms with Gasteiger partial charge in [-0.25, -0.2) is 5.43 Å². The van der Waals surface area contributed by atoms with Crippen molar-refractivity contribution in [3.8, 4) is 11.5 Å². The molecular formula is C21H22N4O4. The SMILES string of the molecule is COc1ccc(C(=O)NN=Cc2cn(CCC(N)=O)c3ccccc23)c(OC)c1. The second kappa shape index (κ2) is 8.92. The van der Waals surface area contributed by atoms with Gasteiger partial charge in [-0.15, -0.1) is 0 Å². The summed E-state index contributed by atoms with van der Waals surface area (Å²) in [6.45, 7) is 0.471. The van der Waals surface area contributed by atoms with Gasteiger partial charge in [0.15, 0.2) is 0 Å². The maximum atomic E-state index is 12.5. The molecule has 0 aliphatic carbocycles. The molecule has 0 spiro atoms. The predicted molar refractivity (Wildman–Crippen MR) is 110 cm³/mol. The van der Waals surface area contributed by atoms with Gasteiger partial charge >= 0.3 is 0 Å². The minimum atomic E-state index is -0.404. The van der Waals surface area contributed by atoms with Crippen molar-refractivity contribution in [3.05, 3.63) is 59.8 Å². The molecule has 0 radical (unpaired) electrons. The van der Waals surface area contributed by atoms with E-state index in [9.17, 15) is 9.59 Å². The van der Waals surface area contributed by atoms with Crippen LogP contribution in [-0.4, -0.2) is 36.8 Å². The van der Waals surface area contributed by atoms with E-state index in [2.05, 4.69) is 10.5 Å². The standard InChI is InChI=1S/C21H22N4O4/c1-28-15-7-8-17(19(11-15)29-2)21(27)24-23-12-14-13-25(10-9-20(22)26)18-6-4-3-5-16(14)18/h3-8,11-13H,9-10H2,1-2H3,(H2,22,26)(H,24,27). The van der Waals surface area contributed by atoms with E-state index in [-0.39, 0.29) is 12.3 Å². The number of para-hydroxylation sites is 1. The van der Waals surface area contributed by atoms with Crippen molar-refractivity contribution in [2.45, 2.75) is 13.0 Å². The molecule has 8 heteroatoms. The lowest BCUT2D eigenvalue weighted by Gasteiger charge is -2.08. The Morgan fingerprint density at radius 1 is 1.17 bits per heavy atom. The van der Waals surface area contributed by atoms with E-state index in [1.807, 2.05) is 35.0 Å². The summed E-state index contributed by atoms with van der Waals surface area (Å²) < 4.78 is 12.3. The van der Waals surface area contributed by atoms with E-state index >= 15 is 0 Å². The van der Waals surface area contributed by atoms with Gasteiger partial charge < -0.3 is 19.8 Å². The summed E-state index contributed by atoms with van der Waals surface area (Å²) in [5, 5.41) is 5.03. The van der Waals surface area contributed by atoms with Crippen LogP contribution in [0.2, 0.25) is 0 Å². The number of fused-ring (bicyclic) bond motifs is 1. The zero-order chi connectivity index (χ0) is 20.8. The van der Waals surface area contributed by atoms with Gasteiger partial charge in [0.1, 0.15) is 11.5 Å². The normalized spacial score (nSPS) is 11.0. The van der Waals surface area contributed by atoms with E-state index in [0.29, 0.717) is 23.6 Å². The molecule has 3 N–H and O–H groups in total. The molecule has 3 rings (SSSR count). The molecule has 0 saturated heterocycles. The third-order valence-corrected chi connectivity index (χ3v) is 4.44. The average molecular weight is 394 g/mol. The van der Waals surface area contributed by atoms with Gasteiger partial charge in [0, 0.05) is 41.7 Å². The number of aryl methyl sites for hydroxylation is 1. The van der Waals surface area contributed by atoms with Crippen LogP contribution in [0.5, 0.6) is 11.5 Å². The van der Waals surface area contributed by atoms with Crippen LogP contribution in [0, 0.1) is 0 Å². The quantitative estimate of drug-likeness (QED) is 0.451. The summed E-state index contributed by atoms with van der Waals surface area (Å²) in [6.07, 6.45) is 3.68. The largest absolute Gasteiger partial charge is 0.497 e. The highest BCUT2D eigenvalue weighted by Crippen LogP contribution is 2.24. The van der Waals surface area contributed by atoms with Crippen molar-refractivity contribution in [3.63, 3.8) is 0 Å². The van der Waals surface area contributed by atoms with Gasteiger partial charge in [0.05, 0.1) is 26.0 Å². The van der Waals surface area contributed by atoms with Crippen molar-refractivity contribution in [1.82, 2.24) is 9.99 Å². The van der Waals surface area contributed by atoms with Crippen molar-refractivity contribution in [1.29, 1.82) is 0 Å². The average Bonchev–Trinajstić information content (AvgIpc) is 3.09. The number of rotatable bonds is 8. The van der Waals surface area contributed by atoms with E-state index in [0.717, 1.165) is 16.5 Å². The Labute approximate surface area is 167 Å². The first-order chi connectivity index (χ1) is 14.0. The van der Waals surface area contributed by atoms with Crippen LogP contribution in [0.1, 0.15) is 22.3 Å². The molecule has 8 nitrogen and oxygen atoms in total. The first kappa shape index (κ1) is 19.9. The number of nitrogens with one attached hydrogen (secondary N) is 1. The third kappa shape index (κ3) is 4.55. The number of nitrogens with zero attached hydrogens (tertiary/aromatic N) is 2. The van der Waals surface area contributed by atoms with Gasteiger partial charge in [-0.2, -0.15) is 5.10 Å². The number of hydrazone groups is 1. The smallest absolute Gasteiger partial charge is 0.275 e. The lowest BCUT2D eigenvalue weighted by molar-refractivity contribution is -0.118. The molecule has 0 saturated carbocycles. The molecule has 29 heavy (non-hydrogen) atoms. The molecule has 2 amide bonds. The molecule has 0 fully saturated rings. The Hall–Kier alpha value is -3.81. The van der Waals surface area contributed by atoms with Gasteiger partial charge in [0.25, 0.3) is 5.91 Å². The van der Waals surface area contributed by atoms with Crippen LogP contribution >= 0.6 is 0 Å². The van der Waals surface area contributed by atoms with Gasteiger partial charge in [-0.3, -0.25) is 9.59 Å². The summed E-state index contributed by atoms with van der Waals surface area (Å²) >= 11 is 0. The van der Waals surface area contributed by atoms with Crippen LogP contribution < -0.4 is 20.6 Å². The molecule has 1 heterocycles. The summed E-state index contributed by atoms with van der Waals surface area (Å²) in [5.41, 5.74) is 9.88. The number of carbonyl (C=O) groups is 2. The van der Waals surface area contributed by atoms with Crippen molar-refractivity contribution < 1.29 is 19.1 Å². The molecule has 2 aromatic carbocycles. The maximum absolute atomic E-state index is 12.5. The summed E-state index contributed by atoms with van der Waals surface area (Å²) in [6, 6.07) is 12.7. The van der Waals surface area contributed by atoms with E-state index in [4.69, 9.17) is 15.2 Å². The monoisotopic (exact) mass is 394 g/mol. The highest BCUT2D eigenvalue weighted by molar-refractivity contribution is 6.01. The zero-order valence-corrected chi connectivity index (χ0v) is 16.2. The first-order valence-electron chi connectivity index (χ1n) is 8.95. The van der Waals surface area contributed by atoms with Gasteiger partial charge in [-0.1, -0.05) is 18.2 Å². The molecule has 1 aromatic heterocycles. The second-order valence-corrected chi connectivity index (χ2v) is 6.28. The van der Waals surface area contributed by atoms with Gasteiger partial charge in [0.2, 0.25) is 5.91 Å². The fraction of sp³-hybridized carbons (Fsp3) is 0.190. The number of amides is 2. The van der Waals surface area contributed by atoms with Crippen molar-refractivity contribution in [2.75, 3.05) is 14.2 Å². The van der Waals surface area contributed by atoms with Crippen LogP contribution in [0.4, 0.5) is 0 Å². The third-order valence-electron chi connectivity index (χ3n) is 4.44. The van der Waals surface area contributed by atoms with E-state index in [1.54, 1.807) is 31.5 Å². The number of hydrogen-bond donors (Lipinski definition) is 2. The van der Waals surface area contributed by atoms with Crippen molar-refractivity contribution >= 4 is 28.9 Å². The number of carbonyl (C=O) groups excluding carboxylic acids is 2. The highest BCUT2D eigenvalue weighted by Gasteiger charge is 2.13. The summed E-state index contributed by atoms with van der Waals surface area (Å²) in [5.74, 6) is 0.211. The number of nitrogens with two attached hydrogens (primary N) is 1. The van der Waals surface area contributed by atoms with Crippen LogP contribution in [0.3, 0.4) is 0 Å². The highest BCUT2D eigenvalue weighted by atomic mass is 16.5. The molecule has 0 aliphatic rings. The Morgan fingerprint density at radius 2 is 1.97 bits per heavy atom. The lowest BCUT2D eigenvalue weighted by atomic mass is 10.2. The molecule has 0 bridgehead atoms. The Balaban J connectivity index is 1.79. The molecule has 3 aromatic rings. The van der Waals surface area contributed by atoms with Gasteiger partial charge in [-0.05, 0) is 18.2 Å². The van der Waals surface area contributed by atoms with Crippen molar-refractivity contribution in [2.24, 2.45) is 10.8 Å². The molecule has 150 valence electrons. The van der Waals surface area contributed by atoms with E-state index in [1.165, 1.54) is 7.11 Å². The Morgan fingerprint density at radius 3 is 2.69 bits per heavy atom. The fourth-order valence-electron chi connectivity index (χ4n) is 3.00. The molecular weight excluding hydrogens is 372 g/mol. The molecule has 0 aliphatic heterocycles. The maximum Gasteiger partial charge on any atom is 0.275 e. The van der Waals surface area contributed by atoms with Crippen LogP contribution in [0.15, 0.2) is 53.8 Å². The predicted octanol–water partition coefficient (Wildman–Crippen LogP) is 2.30. The number of methoxy groups -OCH3 is 2.